The van der Waals surface area contributed by atoms with E-state index in [2.05, 4.69) is 13.8 Å². The third-order valence-electron chi connectivity index (χ3n) is 6.47. The van der Waals surface area contributed by atoms with Crippen molar-refractivity contribution in [2.24, 2.45) is 0 Å². The van der Waals surface area contributed by atoms with Gasteiger partial charge in [-0.1, -0.05) is 122 Å². The molecule has 1 N–H and O–H groups in total. The lowest BCUT2D eigenvalue weighted by Gasteiger charge is -2.28. The van der Waals surface area contributed by atoms with Crippen LogP contribution < -0.4 is 0 Å². The summed E-state index contributed by atoms with van der Waals surface area (Å²) in [5.74, 6) is -0.245. The van der Waals surface area contributed by atoms with Crippen LogP contribution in [0.2, 0.25) is 0 Å². The third kappa shape index (κ3) is 17.8. The second-order valence-electron chi connectivity index (χ2n) is 9.84. The lowest BCUT2D eigenvalue weighted by Crippen LogP contribution is -2.44. The van der Waals surface area contributed by atoms with Gasteiger partial charge in [0.25, 0.3) is 0 Å². The summed E-state index contributed by atoms with van der Waals surface area (Å²) in [6.45, 7) is 8.52. The lowest BCUT2D eigenvalue weighted by atomic mass is 10.1. The van der Waals surface area contributed by atoms with Crippen LogP contribution in [0.25, 0.3) is 0 Å². The van der Waals surface area contributed by atoms with E-state index in [0.29, 0.717) is 6.42 Å². The molecule has 35 heavy (non-hydrogen) atoms. The Kier molecular flexibility index (Phi) is 24.1. The van der Waals surface area contributed by atoms with Crippen LogP contribution >= 0.6 is 20.2 Å². The number of rotatable bonds is 27. The summed E-state index contributed by atoms with van der Waals surface area (Å²) < 4.78 is 23.3. The molecule has 0 aromatic rings. The van der Waals surface area contributed by atoms with Gasteiger partial charge in [-0.05, 0) is 31.9 Å². The van der Waals surface area contributed by atoms with Crippen LogP contribution in [0.15, 0.2) is 0 Å². The molecule has 0 rings (SSSR count). The van der Waals surface area contributed by atoms with E-state index in [-0.39, 0.29) is 18.0 Å². The molecule has 0 heterocycles. The zero-order chi connectivity index (χ0) is 26.2. The highest BCUT2D eigenvalue weighted by Gasteiger charge is 2.53. The molecule has 208 valence electrons. The first-order chi connectivity index (χ1) is 17.0. The van der Waals surface area contributed by atoms with Gasteiger partial charge in [0.1, 0.15) is 0 Å². The molecule has 0 bridgehead atoms. The number of hydrogen-bond acceptors (Lipinski definition) is 5. The van der Waals surface area contributed by atoms with Gasteiger partial charge >= 0.3 is 20.0 Å². The smallest absolute Gasteiger partial charge is 0.472 e. The minimum atomic E-state index is -2.05. The second-order valence-corrected chi connectivity index (χ2v) is 12.1. The fourth-order valence-electron chi connectivity index (χ4n) is 4.23. The maximum atomic E-state index is 11.9. The molecule has 0 amide bonds. The van der Waals surface area contributed by atoms with Crippen molar-refractivity contribution in [3.63, 3.8) is 0 Å². The summed E-state index contributed by atoms with van der Waals surface area (Å²) in [4.78, 5) is 11.9. The van der Waals surface area contributed by atoms with E-state index < -0.39 is 20.0 Å². The molecule has 0 radical (unpaired) electrons. The van der Waals surface area contributed by atoms with E-state index in [1.807, 2.05) is 25.6 Å². The van der Waals surface area contributed by atoms with Crippen LogP contribution in [0.3, 0.4) is 0 Å². The number of carbonyl (C=O) groups is 1. The molecular formula is C28H56O5PS+. The van der Waals surface area contributed by atoms with E-state index in [9.17, 15) is 14.5 Å². The number of carboxylic acid groups (broad SMARTS) is 1. The van der Waals surface area contributed by atoms with E-state index in [4.69, 9.17) is 9.47 Å². The van der Waals surface area contributed by atoms with Gasteiger partial charge in [-0.25, -0.2) is 4.79 Å². The molecule has 0 fully saturated rings. The molecular weight excluding hydrogens is 479 g/mol. The van der Waals surface area contributed by atoms with Crippen LogP contribution in [-0.4, -0.2) is 40.3 Å². The van der Waals surface area contributed by atoms with Crippen molar-refractivity contribution in [1.29, 1.82) is 0 Å². The quantitative estimate of drug-likeness (QED) is 0.0641. The molecule has 0 spiro atoms. The number of thioether (sulfide) groups is 1. The zero-order valence-corrected chi connectivity index (χ0v) is 25.1. The maximum Gasteiger partial charge on any atom is 0.472 e. The SMILES string of the molecule is CCCCCCCCCCCSC(CCCCCCCCC)C(C)OC(OCCC)([PH+]=O)C(=O)O. The fraction of sp³-hybridized carbons (Fsp3) is 0.964. The highest BCUT2D eigenvalue weighted by Crippen LogP contribution is 2.33. The van der Waals surface area contributed by atoms with Crippen LogP contribution in [0.5, 0.6) is 0 Å². The van der Waals surface area contributed by atoms with Crippen molar-refractivity contribution in [3.05, 3.63) is 0 Å². The van der Waals surface area contributed by atoms with Crippen LogP contribution in [-0.2, 0) is 18.8 Å². The monoisotopic (exact) mass is 535 g/mol. The summed E-state index contributed by atoms with van der Waals surface area (Å²) in [7, 11) is -1.20. The van der Waals surface area contributed by atoms with Gasteiger partial charge in [0.2, 0.25) is 0 Å². The van der Waals surface area contributed by atoms with Crippen LogP contribution in [0.4, 0.5) is 0 Å². The first-order valence-electron chi connectivity index (χ1n) is 14.5. The van der Waals surface area contributed by atoms with Gasteiger partial charge in [-0.3, -0.25) is 4.74 Å². The number of hydrogen-bond donors (Lipinski definition) is 1. The van der Waals surface area contributed by atoms with Gasteiger partial charge in [-0.2, -0.15) is 11.8 Å². The summed E-state index contributed by atoms with van der Waals surface area (Å²) in [5, 5.41) is 9.89. The first-order valence-corrected chi connectivity index (χ1v) is 16.5. The molecule has 7 heteroatoms. The Bertz CT molecular complexity index is 508. The van der Waals surface area contributed by atoms with Gasteiger partial charge < -0.3 is 9.84 Å². The Labute approximate surface area is 222 Å². The highest BCUT2D eigenvalue weighted by atomic mass is 32.2. The standard InChI is InChI=1S/C28H55O5PS/c1-5-8-10-12-14-15-17-19-21-24-35-26(22-20-18-16-13-11-9-6-2)25(4)33-28(34-31,27(29)30)32-23-7-3/h25-26H,5-24H2,1-4H3,(H,29,30)/p+1. The molecule has 0 aromatic heterocycles. The van der Waals surface area contributed by atoms with Crippen molar-refractivity contribution in [3.8, 4) is 0 Å². The molecule has 0 aliphatic carbocycles. The van der Waals surface area contributed by atoms with Gasteiger partial charge in [0.15, 0.2) is 0 Å². The normalized spacial score (nSPS) is 15.2. The topological polar surface area (TPSA) is 72.8 Å². The Morgan fingerprint density at radius 3 is 1.74 bits per heavy atom. The predicted octanol–water partition coefficient (Wildman–Crippen LogP) is 9.35. The van der Waals surface area contributed by atoms with Gasteiger partial charge in [-0.15, -0.1) is 0 Å². The molecule has 4 atom stereocenters. The van der Waals surface area contributed by atoms with Crippen LogP contribution in [0, 0.1) is 0 Å². The Morgan fingerprint density at radius 1 is 0.800 bits per heavy atom. The van der Waals surface area contributed by atoms with Crippen molar-refractivity contribution in [2.45, 2.75) is 160 Å². The van der Waals surface area contributed by atoms with E-state index in [1.165, 1.54) is 96.3 Å². The molecule has 0 saturated carbocycles. The Balaban J connectivity index is 4.66. The fourth-order valence-corrected chi connectivity index (χ4v) is 6.05. The highest BCUT2D eigenvalue weighted by molar-refractivity contribution is 7.99. The number of ether oxygens (including phenoxy) is 2. The molecule has 4 unspecified atom stereocenters. The van der Waals surface area contributed by atoms with E-state index >= 15 is 0 Å². The summed E-state index contributed by atoms with van der Waals surface area (Å²) >= 11 is 1.89. The number of aliphatic carboxylic acids is 1. The minimum absolute atomic E-state index is 0.181. The number of unbranched alkanes of at least 4 members (excludes halogenated alkanes) is 14. The molecule has 0 aliphatic rings. The first kappa shape index (κ1) is 34.8. The number of carboxylic acids is 1. The molecule has 0 aliphatic heterocycles. The van der Waals surface area contributed by atoms with Crippen LogP contribution in [0.1, 0.15) is 143 Å². The van der Waals surface area contributed by atoms with Crippen molar-refractivity contribution >= 4 is 26.2 Å². The molecule has 0 aromatic carbocycles. The summed E-state index contributed by atoms with van der Waals surface area (Å²) in [5.41, 5.74) is -2.05. The van der Waals surface area contributed by atoms with Crippen molar-refractivity contribution in [1.82, 2.24) is 0 Å². The molecule has 0 saturated heterocycles. The third-order valence-corrected chi connectivity index (χ3v) is 8.79. The van der Waals surface area contributed by atoms with Crippen molar-refractivity contribution < 1.29 is 23.9 Å². The summed E-state index contributed by atoms with van der Waals surface area (Å²) in [6, 6.07) is 0. The average Bonchev–Trinajstić information content (AvgIpc) is 2.85. The Morgan fingerprint density at radius 2 is 1.29 bits per heavy atom. The lowest BCUT2D eigenvalue weighted by molar-refractivity contribution is -0.217. The second kappa shape index (κ2) is 24.2. The Hall–Kier alpha value is -0.160. The zero-order valence-electron chi connectivity index (χ0n) is 23.3. The molecule has 5 nitrogen and oxygen atoms in total. The average molecular weight is 536 g/mol. The van der Waals surface area contributed by atoms with Gasteiger partial charge in [0.05, 0.1) is 12.7 Å². The maximum absolute atomic E-state index is 11.9. The van der Waals surface area contributed by atoms with E-state index in [0.717, 1.165) is 18.6 Å². The van der Waals surface area contributed by atoms with Gasteiger partial charge in [0, 0.05) is 5.25 Å². The predicted molar refractivity (Wildman–Crippen MR) is 152 cm³/mol. The van der Waals surface area contributed by atoms with E-state index in [1.54, 1.807) is 0 Å². The largest absolute Gasteiger partial charge is 0.474 e. The summed E-state index contributed by atoms with van der Waals surface area (Å²) in [6.07, 6.45) is 21.8. The minimum Gasteiger partial charge on any atom is -0.474 e. The van der Waals surface area contributed by atoms with Crippen molar-refractivity contribution in [2.75, 3.05) is 12.4 Å².